The maximum atomic E-state index is 6.00. The first-order valence-corrected chi connectivity index (χ1v) is 6.24. The Hall–Kier alpha value is -1.74. The highest BCUT2D eigenvalue weighted by atomic mass is 35.5. The van der Waals surface area contributed by atoms with E-state index in [1.54, 1.807) is 12.3 Å². The summed E-state index contributed by atoms with van der Waals surface area (Å²) >= 11 is 6.00. The van der Waals surface area contributed by atoms with Crippen LogP contribution in [0.3, 0.4) is 0 Å². The summed E-state index contributed by atoms with van der Waals surface area (Å²) in [7, 11) is 0. The van der Waals surface area contributed by atoms with Gasteiger partial charge in [0.15, 0.2) is 0 Å². The third-order valence-corrected chi connectivity index (χ3v) is 3.16. The quantitative estimate of drug-likeness (QED) is 0.831. The van der Waals surface area contributed by atoms with E-state index in [0.717, 1.165) is 29.9 Å². The van der Waals surface area contributed by atoms with E-state index >= 15 is 0 Å². The number of aryl methyl sites for hydroxylation is 1. The number of hydrogen-bond donors (Lipinski definition) is 2. The second-order valence-corrected chi connectivity index (χ2v) is 4.59. The number of anilines is 2. The Morgan fingerprint density at radius 1 is 1.33 bits per heavy atom. The van der Waals surface area contributed by atoms with Crippen molar-refractivity contribution in [1.29, 1.82) is 0 Å². The van der Waals surface area contributed by atoms with Gasteiger partial charge in [-0.2, -0.15) is 0 Å². The van der Waals surface area contributed by atoms with Gasteiger partial charge in [-0.3, -0.25) is 4.98 Å². The first-order chi connectivity index (χ1) is 8.66. The van der Waals surface area contributed by atoms with E-state index in [0.29, 0.717) is 10.7 Å². The fraction of sp³-hybridized carbons (Fsp3) is 0.214. The van der Waals surface area contributed by atoms with Crippen molar-refractivity contribution in [3.63, 3.8) is 0 Å². The number of pyridine rings is 1. The zero-order chi connectivity index (χ0) is 13.0. The molecule has 0 radical (unpaired) electrons. The SMILES string of the molecule is Cc1cc(NCCc2ccccn2)c(N)cc1Cl. The van der Waals surface area contributed by atoms with Crippen molar-refractivity contribution in [2.45, 2.75) is 13.3 Å². The van der Waals surface area contributed by atoms with E-state index in [4.69, 9.17) is 17.3 Å². The first-order valence-electron chi connectivity index (χ1n) is 5.86. The molecule has 0 amide bonds. The number of aromatic nitrogens is 1. The molecule has 1 aromatic carbocycles. The predicted molar refractivity (Wildman–Crippen MR) is 77.0 cm³/mol. The summed E-state index contributed by atoms with van der Waals surface area (Å²) in [4.78, 5) is 4.27. The van der Waals surface area contributed by atoms with E-state index in [9.17, 15) is 0 Å². The summed E-state index contributed by atoms with van der Waals surface area (Å²) in [6, 6.07) is 9.66. The zero-order valence-electron chi connectivity index (χ0n) is 10.3. The number of nitrogens with zero attached hydrogens (tertiary/aromatic N) is 1. The highest BCUT2D eigenvalue weighted by Gasteiger charge is 2.03. The molecule has 94 valence electrons. The Labute approximate surface area is 112 Å². The second kappa shape index (κ2) is 5.74. The van der Waals surface area contributed by atoms with Gasteiger partial charge in [0.25, 0.3) is 0 Å². The second-order valence-electron chi connectivity index (χ2n) is 4.19. The largest absolute Gasteiger partial charge is 0.397 e. The van der Waals surface area contributed by atoms with Gasteiger partial charge in [-0.1, -0.05) is 17.7 Å². The highest BCUT2D eigenvalue weighted by Crippen LogP contribution is 2.26. The minimum Gasteiger partial charge on any atom is -0.397 e. The third-order valence-electron chi connectivity index (χ3n) is 2.75. The Morgan fingerprint density at radius 2 is 2.17 bits per heavy atom. The molecule has 0 bridgehead atoms. The van der Waals surface area contributed by atoms with Crippen LogP contribution in [0.5, 0.6) is 0 Å². The molecular formula is C14H16ClN3. The normalized spacial score (nSPS) is 10.3. The van der Waals surface area contributed by atoms with Crippen molar-refractivity contribution in [3.8, 4) is 0 Å². The Bertz CT molecular complexity index is 526. The molecule has 0 aliphatic rings. The van der Waals surface area contributed by atoms with Crippen molar-refractivity contribution in [2.24, 2.45) is 0 Å². The van der Waals surface area contributed by atoms with Crippen LogP contribution in [0.4, 0.5) is 11.4 Å². The van der Waals surface area contributed by atoms with Gasteiger partial charge in [-0.25, -0.2) is 0 Å². The third kappa shape index (κ3) is 3.14. The maximum absolute atomic E-state index is 6.00. The van der Waals surface area contributed by atoms with Crippen LogP contribution in [0.25, 0.3) is 0 Å². The van der Waals surface area contributed by atoms with E-state index in [1.165, 1.54) is 0 Å². The fourth-order valence-electron chi connectivity index (χ4n) is 1.72. The number of halogens is 1. The van der Waals surface area contributed by atoms with E-state index in [1.807, 2.05) is 31.2 Å². The summed E-state index contributed by atoms with van der Waals surface area (Å²) in [6.45, 7) is 2.76. The lowest BCUT2D eigenvalue weighted by Gasteiger charge is -2.11. The van der Waals surface area contributed by atoms with Gasteiger partial charge in [0.1, 0.15) is 0 Å². The lowest BCUT2D eigenvalue weighted by atomic mass is 10.2. The molecule has 1 aromatic heterocycles. The topological polar surface area (TPSA) is 50.9 Å². The minimum absolute atomic E-state index is 0.673. The van der Waals surface area contributed by atoms with Gasteiger partial charge in [-0.15, -0.1) is 0 Å². The molecule has 0 atom stereocenters. The summed E-state index contributed by atoms with van der Waals surface area (Å²) in [5.41, 5.74) is 9.59. The molecule has 0 saturated carbocycles. The van der Waals surface area contributed by atoms with Crippen LogP contribution in [-0.4, -0.2) is 11.5 Å². The van der Waals surface area contributed by atoms with Gasteiger partial charge in [-0.05, 0) is 36.8 Å². The molecule has 0 aliphatic heterocycles. The highest BCUT2D eigenvalue weighted by molar-refractivity contribution is 6.31. The van der Waals surface area contributed by atoms with Gasteiger partial charge >= 0.3 is 0 Å². The lowest BCUT2D eigenvalue weighted by molar-refractivity contribution is 0.961. The first kappa shape index (κ1) is 12.7. The summed E-state index contributed by atoms with van der Waals surface area (Å²) in [6.07, 6.45) is 2.66. The summed E-state index contributed by atoms with van der Waals surface area (Å²) in [5, 5.41) is 4.00. The van der Waals surface area contributed by atoms with Crippen LogP contribution in [0.2, 0.25) is 5.02 Å². The van der Waals surface area contributed by atoms with Crippen molar-refractivity contribution >= 4 is 23.0 Å². The van der Waals surface area contributed by atoms with Gasteiger partial charge < -0.3 is 11.1 Å². The summed E-state index contributed by atoms with van der Waals surface area (Å²) < 4.78 is 0. The molecule has 18 heavy (non-hydrogen) atoms. The van der Waals surface area contributed by atoms with Crippen LogP contribution >= 0.6 is 11.6 Å². The van der Waals surface area contributed by atoms with E-state index in [2.05, 4.69) is 10.3 Å². The van der Waals surface area contributed by atoms with Gasteiger partial charge in [0.2, 0.25) is 0 Å². The number of benzene rings is 1. The molecule has 0 saturated heterocycles. The monoisotopic (exact) mass is 261 g/mol. The number of nitrogens with one attached hydrogen (secondary N) is 1. The molecule has 2 rings (SSSR count). The Balaban J connectivity index is 1.97. The molecular weight excluding hydrogens is 246 g/mol. The average molecular weight is 262 g/mol. The molecule has 1 heterocycles. The molecule has 3 nitrogen and oxygen atoms in total. The van der Waals surface area contributed by atoms with Gasteiger partial charge in [0.05, 0.1) is 11.4 Å². The standard InChI is InChI=1S/C14H16ClN3/c1-10-8-14(13(16)9-12(10)15)18-7-5-11-4-2-3-6-17-11/h2-4,6,8-9,18H,5,7,16H2,1H3. The zero-order valence-corrected chi connectivity index (χ0v) is 11.0. The number of nitrogen functional groups attached to an aromatic ring is 1. The minimum atomic E-state index is 0.673. The number of rotatable bonds is 4. The van der Waals surface area contributed by atoms with E-state index in [-0.39, 0.29) is 0 Å². The Morgan fingerprint density at radius 3 is 2.89 bits per heavy atom. The molecule has 0 aliphatic carbocycles. The average Bonchev–Trinajstić information content (AvgIpc) is 2.37. The van der Waals surface area contributed by atoms with Crippen LogP contribution in [0, 0.1) is 6.92 Å². The molecule has 4 heteroatoms. The van der Waals surface area contributed by atoms with Crippen LogP contribution < -0.4 is 11.1 Å². The van der Waals surface area contributed by atoms with Crippen LogP contribution in [-0.2, 0) is 6.42 Å². The molecule has 0 spiro atoms. The molecule has 3 N–H and O–H groups in total. The maximum Gasteiger partial charge on any atom is 0.0577 e. The fourth-order valence-corrected chi connectivity index (χ4v) is 1.89. The molecule has 2 aromatic rings. The predicted octanol–water partition coefficient (Wildman–Crippen LogP) is 3.28. The lowest BCUT2D eigenvalue weighted by Crippen LogP contribution is -2.08. The van der Waals surface area contributed by atoms with Crippen molar-refractivity contribution in [2.75, 3.05) is 17.6 Å². The van der Waals surface area contributed by atoms with Gasteiger partial charge in [0, 0.05) is 29.9 Å². The smallest absolute Gasteiger partial charge is 0.0577 e. The Kier molecular flexibility index (Phi) is 4.05. The van der Waals surface area contributed by atoms with Crippen molar-refractivity contribution < 1.29 is 0 Å². The number of hydrogen-bond acceptors (Lipinski definition) is 3. The number of nitrogens with two attached hydrogens (primary N) is 1. The summed E-state index contributed by atoms with van der Waals surface area (Å²) in [5.74, 6) is 0. The van der Waals surface area contributed by atoms with Crippen LogP contribution in [0.1, 0.15) is 11.3 Å². The molecule has 0 unspecified atom stereocenters. The van der Waals surface area contributed by atoms with Crippen molar-refractivity contribution in [3.05, 3.63) is 52.8 Å². The van der Waals surface area contributed by atoms with Crippen LogP contribution in [0.15, 0.2) is 36.5 Å². The van der Waals surface area contributed by atoms with Crippen molar-refractivity contribution in [1.82, 2.24) is 4.98 Å². The van der Waals surface area contributed by atoms with E-state index < -0.39 is 0 Å². The molecule has 0 fully saturated rings.